The van der Waals surface area contributed by atoms with Gasteiger partial charge in [0.25, 0.3) is 0 Å². The van der Waals surface area contributed by atoms with Gasteiger partial charge in [0.05, 0.1) is 13.3 Å². The summed E-state index contributed by atoms with van der Waals surface area (Å²) in [5, 5.41) is 9.11. The van der Waals surface area contributed by atoms with Gasteiger partial charge in [0.1, 0.15) is 5.02 Å². The molecule has 7 nitrogen and oxygen atoms in total. The first kappa shape index (κ1) is 13.0. The van der Waals surface area contributed by atoms with Crippen molar-refractivity contribution in [1.29, 1.82) is 0 Å². The van der Waals surface area contributed by atoms with Crippen molar-refractivity contribution >= 4 is 17.6 Å². The highest BCUT2D eigenvalue weighted by Crippen LogP contribution is 2.29. The smallest absolute Gasteiger partial charge is 0.358 e. The van der Waals surface area contributed by atoms with E-state index >= 15 is 0 Å². The van der Waals surface area contributed by atoms with Crippen LogP contribution in [-0.2, 0) is 0 Å². The summed E-state index contributed by atoms with van der Waals surface area (Å²) in [6.45, 7) is 0. The van der Waals surface area contributed by atoms with Crippen LogP contribution in [0, 0.1) is 0 Å². The van der Waals surface area contributed by atoms with E-state index in [-0.39, 0.29) is 28.4 Å². The van der Waals surface area contributed by atoms with Gasteiger partial charge in [-0.2, -0.15) is 4.98 Å². The molecule has 0 fully saturated rings. The fourth-order valence-corrected chi connectivity index (χ4v) is 1.37. The molecule has 0 unspecified atom stereocenters. The van der Waals surface area contributed by atoms with Gasteiger partial charge in [0.2, 0.25) is 5.88 Å². The standard InChI is InChI=1S/C11H8ClN3O4/c1-18-11-14-5-6(12)9(15-11)19-7-3-2-4-13-8(7)10(16)17/h2-5H,1H3,(H,16,17). The average molecular weight is 282 g/mol. The Morgan fingerprint density at radius 3 is 2.89 bits per heavy atom. The van der Waals surface area contributed by atoms with Crippen LogP contribution in [0.15, 0.2) is 24.5 Å². The van der Waals surface area contributed by atoms with Crippen molar-refractivity contribution in [1.82, 2.24) is 15.0 Å². The highest BCUT2D eigenvalue weighted by molar-refractivity contribution is 6.31. The number of aromatic carboxylic acids is 1. The lowest BCUT2D eigenvalue weighted by Crippen LogP contribution is -2.04. The van der Waals surface area contributed by atoms with Gasteiger partial charge in [-0.15, -0.1) is 0 Å². The summed E-state index contributed by atoms with van der Waals surface area (Å²) in [6, 6.07) is 3.04. The van der Waals surface area contributed by atoms with Gasteiger partial charge >= 0.3 is 12.0 Å². The normalized spacial score (nSPS) is 10.0. The van der Waals surface area contributed by atoms with Crippen molar-refractivity contribution < 1.29 is 19.4 Å². The second-order valence-electron chi connectivity index (χ2n) is 3.27. The predicted molar refractivity (Wildman–Crippen MR) is 64.9 cm³/mol. The molecule has 0 bridgehead atoms. The van der Waals surface area contributed by atoms with E-state index in [0.717, 1.165) is 0 Å². The van der Waals surface area contributed by atoms with Crippen LogP contribution < -0.4 is 9.47 Å². The SMILES string of the molecule is COc1ncc(Cl)c(Oc2cccnc2C(=O)O)n1. The van der Waals surface area contributed by atoms with Gasteiger partial charge < -0.3 is 14.6 Å². The number of nitrogens with zero attached hydrogens (tertiary/aromatic N) is 3. The molecule has 2 aromatic heterocycles. The molecule has 0 radical (unpaired) electrons. The van der Waals surface area contributed by atoms with Gasteiger partial charge in [-0.3, -0.25) is 0 Å². The van der Waals surface area contributed by atoms with E-state index in [1.165, 1.54) is 31.6 Å². The summed E-state index contributed by atoms with van der Waals surface area (Å²) in [6.07, 6.45) is 2.64. The number of carboxylic acids is 1. The van der Waals surface area contributed by atoms with Crippen LogP contribution in [0.5, 0.6) is 17.6 Å². The minimum atomic E-state index is -1.22. The Kier molecular flexibility index (Phi) is 3.76. The number of hydrogen-bond acceptors (Lipinski definition) is 6. The lowest BCUT2D eigenvalue weighted by Gasteiger charge is -2.08. The molecular formula is C11H8ClN3O4. The van der Waals surface area contributed by atoms with E-state index in [1.54, 1.807) is 0 Å². The van der Waals surface area contributed by atoms with Crippen molar-refractivity contribution in [2.24, 2.45) is 0 Å². The zero-order chi connectivity index (χ0) is 13.8. The summed E-state index contributed by atoms with van der Waals surface area (Å²) in [4.78, 5) is 22.3. The molecule has 2 aromatic rings. The minimum absolute atomic E-state index is 0.0102. The Bertz CT molecular complexity index is 621. The molecule has 0 amide bonds. The van der Waals surface area contributed by atoms with Gasteiger partial charge in [-0.25, -0.2) is 14.8 Å². The lowest BCUT2D eigenvalue weighted by molar-refractivity contribution is 0.0687. The first-order valence-electron chi connectivity index (χ1n) is 5.04. The molecule has 0 saturated heterocycles. The molecule has 19 heavy (non-hydrogen) atoms. The fraction of sp³-hybridized carbons (Fsp3) is 0.0909. The molecule has 2 rings (SSSR count). The van der Waals surface area contributed by atoms with Gasteiger partial charge in [-0.05, 0) is 12.1 Å². The van der Waals surface area contributed by atoms with Crippen LogP contribution in [0.25, 0.3) is 0 Å². The zero-order valence-electron chi connectivity index (χ0n) is 9.70. The van der Waals surface area contributed by atoms with Crippen LogP contribution in [0.1, 0.15) is 10.5 Å². The van der Waals surface area contributed by atoms with Gasteiger partial charge in [0, 0.05) is 6.20 Å². The molecule has 0 aromatic carbocycles. The first-order valence-corrected chi connectivity index (χ1v) is 5.42. The molecule has 0 spiro atoms. The first-order chi connectivity index (χ1) is 9.11. The molecule has 0 aliphatic heterocycles. The number of hydrogen-bond donors (Lipinski definition) is 1. The summed E-state index contributed by atoms with van der Waals surface area (Å²) < 4.78 is 10.2. The Balaban J connectivity index is 2.38. The molecule has 2 heterocycles. The molecule has 98 valence electrons. The summed E-state index contributed by atoms with van der Waals surface area (Å²) >= 11 is 5.86. The molecule has 8 heteroatoms. The quantitative estimate of drug-likeness (QED) is 0.916. The molecular weight excluding hydrogens is 274 g/mol. The topological polar surface area (TPSA) is 94.4 Å². The van der Waals surface area contributed by atoms with Crippen LogP contribution in [0.2, 0.25) is 5.02 Å². The van der Waals surface area contributed by atoms with Crippen molar-refractivity contribution in [3.05, 3.63) is 35.2 Å². The number of carboxylic acid groups (broad SMARTS) is 1. The van der Waals surface area contributed by atoms with E-state index in [4.69, 9.17) is 26.2 Å². The number of methoxy groups -OCH3 is 1. The molecule has 0 aliphatic carbocycles. The van der Waals surface area contributed by atoms with Gasteiger partial charge in [0.15, 0.2) is 11.4 Å². The van der Waals surface area contributed by atoms with Crippen LogP contribution in [-0.4, -0.2) is 33.1 Å². The highest BCUT2D eigenvalue weighted by atomic mass is 35.5. The highest BCUT2D eigenvalue weighted by Gasteiger charge is 2.16. The summed E-state index contributed by atoms with van der Waals surface area (Å²) in [5.41, 5.74) is -0.240. The van der Waals surface area contributed by atoms with E-state index in [1.807, 2.05) is 0 Å². The molecule has 0 saturated carbocycles. The number of carbonyl (C=O) groups is 1. The monoisotopic (exact) mass is 281 g/mol. The van der Waals surface area contributed by atoms with E-state index in [2.05, 4.69) is 15.0 Å². The number of ether oxygens (including phenoxy) is 2. The second-order valence-corrected chi connectivity index (χ2v) is 3.67. The lowest BCUT2D eigenvalue weighted by atomic mass is 10.3. The Morgan fingerprint density at radius 1 is 1.42 bits per heavy atom. The minimum Gasteiger partial charge on any atom is -0.476 e. The Hall–Kier alpha value is -2.41. The van der Waals surface area contributed by atoms with Crippen molar-refractivity contribution in [3.63, 3.8) is 0 Å². The van der Waals surface area contributed by atoms with Crippen molar-refractivity contribution in [2.75, 3.05) is 7.11 Å². The molecule has 0 atom stereocenters. The largest absolute Gasteiger partial charge is 0.476 e. The predicted octanol–water partition coefficient (Wildman–Crippen LogP) is 2.02. The number of rotatable bonds is 4. The third-order valence-corrected chi connectivity index (χ3v) is 2.31. The third-order valence-electron chi connectivity index (χ3n) is 2.05. The fourth-order valence-electron chi connectivity index (χ4n) is 1.24. The van der Waals surface area contributed by atoms with Crippen LogP contribution in [0.3, 0.4) is 0 Å². The molecule has 1 N–H and O–H groups in total. The summed E-state index contributed by atoms with van der Waals surface area (Å²) in [5.74, 6) is -1.20. The Morgan fingerprint density at radius 2 is 2.21 bits per heavy atom. The maximum Gasteiger partial charge on any atom is 0.358 e. The van der Waals surface area contributed by atoms with Crippen LogP contribution >= 0.6 is 11.6 Å². The van der Waals surface area contributed by atoms with Crippen molar-refractivity contribution in [2.45, 2.75) is 0 Å². The molecule has 0 aliphatic rings. The van der Waals surface area contributed by atoms with Crippen LogP contribution in [0.4, 0.5) is 0 Å². The van der Waals surface area contributed by atoms with E-state index in [0.29, 0.717) is 0 Å². The van der Waals surface area contributed by atoms with E-state index in [9.17, 15) is 4.79 Å². The Labute approximate surface area is 112 Å². The van der Waals surface area contributed by atoms with Gasteiger partial charge in [-0.1, -0.05) is 11.6 Å². The number of aromatic nitrogens is 3. The van der Waals surface area contributed by atoms with Crippen molar-refractivity contribution in [3.8, 4) is 17.6 Å². The third kappa shape index (κ3) is 2.89. The number of halogens is 1. The van der Waals surface area contributed by atoms with E-state index < -0.39 is 5.97 Å². The maximum atomic E-state index is 11.0. The summed E-state index contributed by atoms with van der Waals surface area (Å²) in [7, 11) is 1.39. The average Bonchev–Trinajstić information content (AvgIpc) is 2.41. The number of pyridine rings is 1. The maximum absolute atomic E-state index is 11.0. The zero-order valence-corrected chi connectivity index (χ0v) is 10.5. The second kappa shape index (κ2) is 5.49.